The maximum absolute atomic E-state index is 12.8. The van der Waals surface area contributed by atoms with Gasteiger partial charge in [-0.25, -0.2) is 0 Å². The van der Waals surface area contributed by atoms with Crippen molar-refractivity contribution in [2.24, 2.45) is 13.0 Å². The van der Waals surface area contributed by atoms with Gasteiger partial charge in [0.05, 0.1) is 11.5 Å². The van der Waals surface area contributed by atoms with Crippen LogP contribution in [0.3, 0.4) is 0 Å². The predicted octanol–water partition coefficient (Wildman–Crippen LogP) is 2.43. The first kappa shape index (κ1) is 17.0. The Balaban J connectivity index is 1.73. The number of nitrogens with one attached hydrogen (secondary N) is 1. The van der Waals surface area contributed by atoms with Gasteiger partial charge in [0.25, 0.3) is 0 Å². The van der Waals surface area contributed by atoms with Crippen LogP contribution in [0.1, 0.15) is 12.0 Å². The molecule has 3 rings (SSSR count). The van der Waals surface area contributed by atoms with Crippen LogP contribution in [-0.4, -0.2) is 28.1 Å². The molecule has 0 unspecified atom stereocenters. The zero-order chi connectivity index (χ0) is 18.2. The molecule has 2 heterocycles. The van der Waals surface area contributed by atoms with Gasteiger partial charge in [-0.05, 0) is 18.2 Å². The maximum atomic E-state index is 12.8. The molecule has 0 saturated carbocycles. The Hall–Kier alpha value is -2.84. The quantitative estimate of drug-likeness (QED) is 0.923. The topological polar surface area (TPSA) is 67.2 Å². The minimum Gasteiger partial charge on any atom is -0.312 e. The van der Waals surface area contributed by atoms with Gasteiger partial charge >= 0.3 is 6.18 Å². The second-order valence-electron chi connectivity index (χ2n) is 5.82. The van der Waals surface area contributed by atoms with Gasteiger partial charge in [0.2, 0.25) is 11.8 Å². The number of aryl methyl sites for hydroxylation is 1. The van der Waals surface area contributed by atoms with Gasteiger partial charge in [-0.2, -0.15) is 18.3 Å². The van der Waals surface area contributed by atoms with Crippen LogP contribution < -0.4 is 10.2 Å². The molecule has 1 fully saturated rings. The van der Waals surface area contributed by atoms with Crippen LogP contribution in [0.2, 0.25) is 0 Å². The number of halogens is 3. The van der Waals surface area contributed by atoms with Crippen LogP contribution in [0.5, 0.6) is 0 Å². The third-order valence-electron chi connectivity index (χ3n) is 3.95. The Bertz CT molecular complexity index is 816. The van der Waals surface area contributed by atoms with E-state index >= 15 is 0 Å². The van der Waals surface area contributed by atoms with Gasteiger partial charge in [-0.1, -0.05) is 6.07 Å². The number of amides is 2. The van der Waals surface area contributed by atoms with Crippen LogP contribution in [0.15, 0.2) is 36.5 Å². The van der Waals surface area contributed by atoms with E-state index < -0.39 is 17.7 Å². The Morgan fingerprint density at radius 1 is 1.32 bits per heavy atom. The van der Waals surface area contributed by atoms with Crippen molar-refractivity contribution in [1.29, 1.82) is 0 Å². The first-order valence-electron chi connectivity index (χ1n) is 7.52. The van der Waals surface area contributed by atoms with Crippen molar-refractivity contribution in [2.75, 3.05) is 16.8 Å². The molecule has 0 bridgehead atoms. The maximum Gasteiger partial charge on any atom is 0.416 e. The first-order valence-corrected chi connectivity index (χ1v) is 7.52. The standard InChI is InChI=1S/C16H15F3N4O2/c1-22-6-5-13(21-22)20-15(25)10-7-14(24)23(9-10)12-4-2-3-11(8-12)16(17,18)19/h2-6,8,10H,7,9H2,1H3,(H,20,21,25)/t10-/m1/s1. The van der Waals surface area contributed by atoms with E-state index in [2.05, 4.69) is 10.4 Å². The summed E-state index contributed by atoms with van der Waals surface area (Å²) in [6, 6.07) is 6.13. The normalized spacial score (nSPS) is 17.8. The summed E-state index contributed by atoms with van der Waals surface area (Å²) in [5.74, 6) is -1.07. The van der Waals surface area contributed by atoms with E-state index in [1.165, 1.54) is 21.7 Å². The van der Waals surface area contributed by atoms with Crippen molar-refractivity contribution in [1.82, 2.24) is 9.78 Å². The lowest BCUT2D eigenvalue weighted by Crippen LogP contribution is -2.28. The lowest BCUT2D eigenvalue weighted by Gasteiger charge is -2.18. The molecule has 1 aliphatic rings. The van der Waals surface area contributed by atoms with Crippen LogP contribution in [0.25, 0.3) is 0 Å². The van der Waals surface area contributed by atoms with E-state index in [-0.39, 0.29) is 30.5 Å². The molecule has 9 heteroatoms. The second kappa shape index (κ2) is 6.23. The third-order valence-corrected chi connectivity index (χ3v) is 3.95. The molecular weight excluding hydrogens is 337 g/mol. The van der Waals surface area contributed by atoms with E-state index in [9.17, 15) is 22.8 Å². The SMILES string of the molecule is Cn1ccc(NC(=O)[C@@H]2CC(=O)N(c3cccc(C(F)(F)F)c3)C2)n1. The van der Waals surface area contributed by atoms with E-state index in [1.807, 2.05) is 0 Å². The van der Waals surface area contributed by atoms with E-state index in [0.29, 0.717) is 5.82 Å². The molecule has 1 saturated heterocycles. The summed E-state index contributed by atoms with van der Waals surface area (Å²) < 4.78 is 40.0. The molecule has 6 nitrogen and oxygen atoms in total. The third kappa shape index (κ3) is 3.65. The number of carbonyl (C=O) groups excluding carboxylic acids is 2. The summed E-state index contributed by atoms with van der Waals surface area (Å²) >= 11 is 0. The summed E-state index contributed by atoms with van der Waals surface area (Å²) in [4.78, 5) is 25.6. The Kier molecular flexibility index (Phi) is 4.23. The van der Waals surface area contributed by atoms with Crippen LogP contribution >= 0.6 is 0 Å². The molecule has 1 atom stereocenters. The Morgan fingerprint density at radius 3 is 2.72 bits per heavy atom. The minimum absolute atomic E-state index is 0.0266. The number of benzene rings is 1. The van der Waals surface area contributed by atoms with E-state index in [1.54, 1.807) is 19.3 Å². The van der Waals surface area contributed by atoms with Crippen molar-refractivity contribution in [3.05, 3.63) is 42.1 Å². The molecule has 0 spiro atoms. The zero-order valence-corrected chi connectivity index (χ0v) is 13.2. The highest BCUT2D eigenvalue weighted by molar-refractivity contribution is 6.03. The van der Waals surface area contributed by atoms with Crippen LogP contribution in [-0.2, 0) is 22.8 Å². The molecule has 132 valence electrons. The molecule has 2 aromatic rings. The van der Waals surface area contributed by atoms with Crippen molar-refractivity contribution in [3.63, 3.8) is 0 Å². The average molecular weight is 352 g/mol. The Labute approximate surface area is 141 Å². The van der Waals surface area contributed by atoms with Crippen molar-refractivity contribution < 1.29 is 22.8 Å². The largest absolute Gasteiger partial charge is 0.416 e. The molecule has 1 aromatic heterocycles. The molecule has 1 aromatic carbocycles. The summed E-state index contributed by atoms with van der Waals surface area (Å²) in [6.45, 7) is 0.0266. The molecular formula is C16H15F3N4O2. The van der Waals surface area contributed by atoms with Gasteiger partial charge in [0, 0.05) is 38.0 Å². The van der Waals surface area contributed by atoms with Crippen molar-refractivity contribution in [3.8, 4) is 0 Å². The number of anilines is 2. The van der Waals surface area contributed by atoms with Gasteiger partial charge in [0.15, 0.2) is 5.82 Å². The monoisotopic (exact) mass is 352 g/mol. The molecule has 0 radical (unpaired) electrons. The molecule has 2 amide bonds. The molecule has 1 N–H and O–H groups in total. The number of nitrogens with zero attached hydrogens (tertiary/aromatic N) is 3. The number of carbonyl (C=O) groups is 2. The summed E-state index contributed by atoms with van der Waals surface area (Å²) in [5, 5.41) is 6.62. The number of aromatic nitrogens is 2. The zero-order valence-electron chi connectivity index (χ0n) is 13.2. The van der Waals surface area contributed by atoms with E-state index in [4.69, 9.17) is 0 Å². The second-order valence-corrected chi connectivity index (χ2v) is 5.82. The molecule has 1 aliphatic heterocycles. The average Bonchev–Trinajstić information content (AvgIpc) is 3.12. The Morgan fingerprint density at radius 2 is 2.08 bits per heavy atom. The number of hydrogen-bond donors (Lipinski definition) is 1. The van der Waals surface area contributed by atoms with Gasteiger partial charge in [-0.15, -0.1) is 0 Å². The molecule has 0 aliphatic carbocycles. The first-order chi connectivity index (χ1) is 11.7. The van der Waals surface area contributed by atoms with Gasteiger partial charge in [-0.3, -0.25) is 14.3 Å². The van der Waals surface area contributed by atoms with Crippen LogP contribution in [0.4, 0.5) is 24.7 Å². The highest BCUT2D eigenvalue weighted by Crippen LogP contribution is 2.33. The minimum atomic E-state index is -4.49. The van der Waals surface area contributed by atoms with Gasteiger partial charge in [0.1, 0.15) is 0 Å². The number of alkyl halides is 3. The highest BCUT2D eigenvalue weighted by Gasteiger charge is 2.37. The summed E-state index contributed by atoms with van der Waals surface area (Å²) in [7, 11) is 1.70. The van der Waals surface area contributed by atoms with E-state index in [0.717, 1.165) is 12.1 Å². The lowest BCUT2D eigenvalue weighted by atomic mass is 10.1. The lowest BCUT2D eigenvalue weighted by molar-refractivity contribution is -0.137. The van der Waals surface area contributed by atoms with Gasteiger partial charge < -0.3 is 10.2 Å². The summed E-state index contributed by atoms with van der Waals surface area (Å²) in [6.07, 6.45) is -2.90. The predicted molar refractivity (Wildman–Crippen MR) is 83.7 cm³/mol. The van der Waals surface area contributed by atoms with Crippen LogP contribution in [0, 0.1) is 5.92 Å². The fraction of sp³-hybridized carbons (Fsp3) is 0.312. The van der Waals surface area contributed by atoms with Crippen molar-refractivity contribution >= 4 is 23.3 Å². The smallest absolute Gasteiger partial charge is 0.312 e. The highest BCUT2D eigenvalue weighted by atomic mass is 19.4. The summed E-state index contributed by atoms with van der Waals surface area (Å²) in [5.41, 5.74) is -0.702. The van der Waals surface area contributed by atoms with Crippen molar-refractivity contribution in [2.45, 2.75) is 12.6 Å². The number of rotatable bonds is 3. The number of hydrogen-bond acceptors (Lipinski definition) is 3. The molecule has 25 heavy (non-hydrogen) atoms. The fourth-order valence-electron chi connectivity index (χ4n) is 2.69. The fourth-order valence-corrected chi connectivity index (χ4v) is 2.69.